The third kappa shape index (κ3) is 2.99. The molecule has 4 nitrogen and oxygen atoms in total. The first-order chi connectivity index (χ1) is 10.1. The van der Waals surface area contributed by atoms with Gasteiger partial charge in [-0.3, -0.25) is 4.79 Å². The van der Waals surface area contributed by atoms with Crippen LogP contribution in [0.25, 0.3) is 0 Å². The summed E-state index contributed by atoms with van der Waals surface area (Å²) in [5, 5.41) is 0. The van der Waals surface area contributed by atoms with Gasteiger partial charge in [-0.05, 0) is 42.8 Å². The molecule has 0 fully saturated rings. The van der Waals surface area contributed by atoms with Gasteiger partial charge in [0, 0.05) is 0 Å². The lowest BCUT2D eigenvalue weighted by Crippen LogP contribution is -2.06. The number of rotatable bonds is 5. The predicted molar refractivity (Wildman–Crippen MR) is 80.7 cm³/mol. The zero-order chi connectivity index (χ0) is 15.4. The van der Waals surface area contributed by atoms with Gasteiger partial charge in [0.25, 0.3) is 0 Å². The Labute approximate surface area is 124 Å². The number of hydrogen-bond acceptors (Lipinski definition) is 4. The zero-order valence-electron chi connectivity index (χ0n) is 12.6. The molecule has 0 aromatic heterocycles. The van der Waals surface area contributed by atoms with Gasteiger partial charge in [0.05, 0.1) is 32.5 Å². The van der Waals surface area contributed by atoms with Crippen molar-refractivity contribution >= 4 is 5.78 Å². The number of hydrogen-bond donors (Lipinski definition) is 0. The largest absolute Gasteiger partial charge is 0.497 e. The van der Waals surface area contributed by atoms with E-state index in [4.69, 9.17) is 14.2 Å². The number of benzene rings is 2. The quantitative estimate of drug-likeness (QED) is 0.791. The third-order valence-electron chi connectivity index (χ3n) is 3.25. The fourth-order valence-electron chi connectivity index (χ4n) is 2.12. The summed E-state index contributed by atoms with van der Waals surface area (Å²) in [6.07, 6.45) is 0. The highest BCUT2D eigenvalue weighted by atomic mass is 16.5. The molecule has 0 heterocycles. The molecular weight excluding hydrogens is 268 g/mol. The van der Waals surface area contributed by atoms with Crippen LogP contribution in [0, 0.1) is 6.92 Å². The van der Waals surface area contributed by atoms with Crippen molar-refractivity contribution in [2.75, 3.05) is 21.3 Å². The molecule has 4 heteroatoms. The Morgan fingerprint density at radius 3 is 2.14 bits per heavy atom. The number of methoxy groups -OCH3 is 3. The summed E-state index contributed by atoms with van der Waals surface area (Å²) in [5.74, 6) is 1.49. The fraction of sp³-hybridized carbons (Fsp3) is 0.235. The van der Waals surface area contributed by atoms with Crippen LogP contribution in [0.3, 0.4) is 0 Å². The second-order valence-corrected chi connectivity index (χ2v) is 4.60. The van der Waals surface area contributed by atoms with E-state index < -0.39 is 0 Å². The van der Waals surface area contributed by atoms with Crippen LogP contribution < -0.4 is 14.2 Å². The first kappa shape index (κ1) is 14.9. The predicted octanol–water partition coefficient (Wildman–Crippen LogP) is 3.25. The molecule has 0 spiro atoms. The second kappa shape index (κ2) is 6.31. The van der Waals surface area contributed by atoms with E-state index >= 15 is 0 Å². The Balaban J connectivity index is 2.53. The van der Waals surface area contributed by atoms with E-state index in [1.807, 2.05) is 19.1 Å². The summed E-state index contributed by atoms with van der Waals surface area (Å²) in [6, 6.07) is 10.6. The van der Waals surface area contributed by atoms with Gasteiger partial charge >= 0.3 is 0 Å². The van der Waals surface area contributed by atoms with Gasteiger partial charge in [-0.25, -0.2) is 0 Å². The van der Waals surface area contributed by atoms with Crippen molar-refractivity contribution in [1.29, 1.82) is 0 Å². The molecule has 0 saturated carbocycles. The summed E-state index contributed by atoms with van der Waals surface area (Å²) >= 11 is 0. The maximum absolute atomic E-state index is 12.8. The summed E-state index contributed by atoms with van der Waals surface area (Å²) in [7, 11) is 4.64. The number of ether oxygens (including phenoxy) is 3. The number of carbonyl (C=O) groups excluding carboxylic acids is 1. The van der Waals surface area contributed by atoms with Crippen molar-refractivity contribution < 1.29 is 19.0 Å². The van der Waals surface area contributed by atoms with Gasteiger partial charge in [0.15, 0.2) is 0 Å². The first-order valence-electron chi connectivity index (χ1n) is 6.52. The topological polar surface area (TPSA) is 44.8 Å². The molecule has 0 atom stereocenters. The maximum atomic E-state index is 12.8. The smallest absolute Gasteiger partial charge is 0.200 e. The van der Waals surface area contributed by atoms with Gasteiger partial charge in [0.2, 0.25) is 5.78 Å². The number of carbonyl (C=O) groups is 1. The van der Waals surface area contributed by atoms with Gasteiger partial charge < -0.3 is 14.2 Å². The molecule has 0 unspecified atom stereocenters. The van der Waals surface area contributed by atoms with E-state index in [0.717, 1.165) is 5.56 Å². The van der Waals surface area contributed by atoms with Crippen LogP contribution in [0.4, 0.5) is 0 Å². The van der Waals surface area contributed by atoms with Gasteiger partial charge in [-0.15, -0.1) is 0 Å². The van der Waals surface area contributed by atoms with Crippen LogP contribution in [0.2, 0.25) is 0 Å². The molecule has 0 aliphatic rings. The maximum Gasteiger partial charge on any atom is 0.200 e. The molecule has 2 aromatic rings. The minimum Gasteiger partial charge on any atom is -0.497 e. The lowest BCUT2D eigenvalue weighted by atomic mass is 10.00. The van der Waals surface area contributed by atoms with E-state index in [1.165, 1.54) is 7.11 Å². The van der Waals surface area contributed by atoms with Crippen LogP contribution in [0.15, 0.2) is 36.4 Å². The Kier molecular flexibility index (Phi) is 4.48. The summed E-state index contributed by atoms with van der Waals surface area (Å²) in [4.78, 5) is 12.8. The molecule has 0 amide bonds. The average molecular weight is 286 g/mol. The Morgan fingerprint density at radius 1 is 0.810 bits per heavy atom. The van der Waals surface area contributed by atoms with E-state index in [9.17, 15) is 4.79 Å². The molecule has 2 aromatic carbocycles. The number of ketones is 1. The van der Waals surface area contributed by atoms with Gasteiger partial charge in [0.1, 0.15) is 17.2 Å². The molecule has 0 N–H and O–H groups in total. The van der Waals surface area contributed by atoms with Crippen LogP contribution in [-0.4, -0.2) is 27.1 Å². The Morgan fingerprint density at radius 2 is 1.52 bits per heavy atom. The van der Waals surface area contributed by atoms with E-state index in [2.05, 4.69) is 0 Å². The summed E-state index contributed by atoms with van der Waals surface area (Å²) in [6.45, 7) is 1.95. The molecule has 2 rings (SSSR count). The van der Waals surface area contributed by atoms with Crippen LogP contribution in [0.1, 0.15) is 21.5 Å². The molecule has 110 valence electrons. The number of aryl methyl sites for hydroxylation is 1. The lowest BCUT2D eigenvalue weighted by Gasteiger charge is -2.12. The molecule has 21 heavy (non-hydrogen) atoms. The molecule has 0 aliphatic heterocycles. The van der Waals surface area contributed by atoms with E-state index in [0.29, 0.717) is 28.4 Å². The molecule has 0 radical (unpaired) electrons. The van der Waals surface area contributed by atoms with Gasteiger partial charge in [-0.2, -0.15) is 0 Å². The molecule has 0 bridgehead atoms. The van der Waals surface area contributed by atoms with Crippen LogP contribution in [-0.2, 0) is 0 Å². The molecule has 0 saturated heterocycles. The SMILES string of the molecule is COc1ccc(OC)c(C(=O)c2ccc(C)cc2OC)c1. The highest BCUT2D eigenvalue weighted by molar-refractivity contribution is 6.12. The van der Waals surface area contributed by atoms with Crippen LogP contribution in [0.5, 0.6) is 17.2 Å². The zero-order valence-corrected chi connectivity index (χ0v) is 12.6. The lowest BCUT2D eigenvalue weighted by molar-refractivity contribution is 0.103. The van der Waals surface area contributed by atoms with Crippen molar-refractivity contribution in [3.63, 3.8) is 0 Å². The van der Waals surface area contributed by atoms with Crippen molar-refractivity contribution in [3.8, 4) is 17.2 Å². The minimum atomic E-state index is -0.164. The fourth-order valence-corrected chi connectivity index (χ4v) is 2.12. The third-order valence-corrected chi connectivity index (χ3v) is 3.25. The Bertz CT molecular complexity index is 662. The molecular formula is C17H18O4. The van der Waals surface area contributed by atoms with Crippen LogP contribution >= 0.6 is 0 Å². The summed E-state index contributed by atoms with van der Waals surface area (Å²) in [5.41, 5.74) is 1.97. The van der Waals surface area contributed by atoms with Crippen molar-refractivity contribution in [2.24, 2.45) is 0 Å². The van der Waals surface area contributed by atoms with Gasteiger partial charge in [-0.1, -0.05) is 6.07 Å². The van der Waals surface area contributed by atoms with Crippen molar-refractivity contribution in [1.82, 2.24) is 0 Å². The summed E-state index contributed by atoms with van der Waals surface area (Å²) < 4.78 is 15.8. The highest BCUT2D eigenvalue weighted by Crippen LogP contribution is 2.29. The van der Waals surface area contributed by atoms with E-state index in [1.54, 1.807) is 38.5 Å². The average Bonchev–Trinajstić information content (AvgIpc) is 2.53. The van der Waals surface area contributed by atoms with Crippen molar-refractivity contribution in [3.05, 3.63) is 53.1 Å². The highest BCUT2D eigenvalue weighted by Gasteiger charge is 2.19. The Hall–Kier alpha value is -2.49. The minimum absolute atomic E-state index is 0.164. The normalized spacial score (nSPS) is 10.1. The van der Waals surface area contributed by atoms with E-state index in [-0.39, 0.29) is 5.78 Å². The molecule has 0 aliphatic carbocycles. The van der Waals surface area contributed by atoms with Crippen molar-refractivity contribution in [2.45, 2.75) is 6.92 Å². The second-order valence-electron chi connectivity index (χ2n) is 4.60. The monoisotopic (exact) mass is 286 g/mol. The standard InChI is InChI=1S/C17H18O4/c1-11-5-7-13(16(9-11)21-4)17(18)14-10-12(19-2)6-8-15(14)20-3/h5-10H,1-4H3. The first-order valence-corrected chi connectivity index (χ1v) is 6.52.